The monoisotopic (exact) mass is 358 g/mol. The second-order valence-corrected chi connectivity index (χ2v) is 5.43. The summed E-state index contributed by atoms with van der Waals surface area (Å²) in [5.41, 5.74) is -0.391. The van der Waals surface area contributed by atoms with Crippen LogP contribution in [0, 0.1) is 0 Å². The average Bonchev–Trinajstić information content (AvgIpc) is 2.52. The Hall–Kier alpha value is -3.55. The molecule has 0 amide bonds. The van der Waals surface area contributed by atoms with E-state index in [1.807, 2.05) is 0 Å². The van der Waals surface area contributed by atoms with Gasteiger partial charge in [0.1, 0.15) is 28.1 Å². The number of methoxy groups -OCH3 is 1. The van der Waals surface area contributed by atoms with Crippen molar-refractivity contribution in [2.24, 2.45) is 0 Å². The lowest BCUT2D eigenvalue weighted by Crippen LogP contribution is -2.07. The zero-order valence-corrected chi connectivity index (χ0v) is 14.1. The van der Waals surface area contributed by atoms with Gasteiger partial charge in [0, 0.05) is 32.0 Å². The van der Waals surface area contributed by atoms with Crippen LogP contribution in [0.4, 0.5) is 0 Å². The number of aromatic hydroxyl groups is 1. The van der Waals surface area contributed by atoms with Gasteiger partial charge in [-0.05, 0) is 6.07 Å². The lowest BCUT2D eigenvalue weighted by molar-refractivity contribution is -0.132. The van der Waals surface area contributed by atoms with Gasteiger partial charge in [0.15, 0.2) is 11.5 Å². The van der Waals surface area contributed by atoms with Gasteiger partial charge < -0.3 is 23.7 Å². The minimum atomic E-state index is -0.589. The van der Waals surface area contributed by atoms with Crippen LogP contribution in [0.3, 0.4) is 0 Å². The predicted molar refractivity (Wildman–Crippen MR) is 90.8 cm³/mol. The second-order valence-electron chi connectivity index (χ2n) is 5.43. The number of rotatable bonds is 3. The SMILES string of the molecule is COc1cc2c(=O)c3c(O)cc(OC(C)=O)cc3oc2cc1OC(C)=O. The molecule has 2 aromatic carbocycles. The molecule has 134 valence electrons. The number of carbonyl (C=O) groups is 2. The van der Waals surface area contributed by atoms with Gasteiger partial charge in [-0.2, -0.15) is 0 Å². The molecule has 0 bridgehead atoms. The van der Waals surface area contributed by atoms with E-state index in [0.29, 0.717) is 0 Å². The largest absolute Gasteiger partial charge is 0.507 e. The van der Waals surface area contributed by atoms with E-state index in [0.717, 1.165) is 6.07 Å². The van der Waals surface area contributed by atoms with Crippen LogP contribution in [-0.2, 0) is 9.59 Å². The van der Waals surface area contributed by atoms with Gasteiger partial charge in [-0.25, -0.2) is 0 Å². The summed E-state index contributed by atoms with van der Waals surface area (Å²) >= 11 is 0. The zero-order valence-electron chi connectivity index (χ0n) is 14.1. The number of ether oxygens (including phenoxy) is 3. The van der Waals surface area contributed by atoms with E-state index in [1.165, 1.54) is 39.2 Å². The van der Waals surface area contributed by atoms with E-state index in [4.69, 9.17) is 18.6 Å². The van der Waals surface area contributed by atoms with Crippen molar-refractivity contribution in [2.45, 2.75) is 13.8 Å². The van der Waals surface area contributed by atoms with Crippen molar-refractivity contribution in [3.05, 3.63) is 34.5 Å². The van der Waals surface area contributed by atoms with Gasteiger partial charge in [-0.15, -0.1) is 0 Å². The molecule has 0 aliphatic carbocycles. The zero-order chi connectivity index (χ0) is 19.0. The average molecular weight is 358 g/mol. The fourth-order valence-corrected chi connectivity index (χ4v) is 2.56. The highest BCUT2D eigenvalue weighted by Gasteiger charge is 2.18. The Labute approximate surface area is 146 Å². The summed E-state index contributed by atoms with van der Waals surface area (Å²) in [6.07, 6.45) is 0. The fourth-order valence-electron chi connectivity index (χ4n) is 2.56. The molecule has 26 heavy (non-hydrogen) atoms. The van der Waals surface area contributed by atoms with Gasteiger partial charge in [0.2, 0.25) is 5.43 Å². The van der Waals surface area contributed by atoms with Crippen LogP contribution in [0.2, 0.25) is 0 Å². The highest BCUT2D eigenvalue weighted by Crippen LogP contribution is 2.35. The van der Waals surface area contributed by atoms with Crippen LogP contribution in [0.1, 0.15) is 13.8 Å². The quantitative estimate of drug-likeness (QED) is 0.432. The molecule has 0 fully saturated rings. The molecule has 0 atom stereocenters. The first kappa shape index (κ1) is 17.3. The van der Waals surface area contributed by atoms with E-state index in [2.05, 4.69) is 0 Å². The molecule has 0 saturated carbocycles. The Morgan fingerprint density at radius 1 is 0.962 bits per heavy atom. The standard InChI is InChI=1S/C18H14O8/c1-8(19)24-10-4-12(21)17-16(5-10)26-13-7-15(25-9(2)20)14(23-3)6-11(13)18(17)22/h4-7,21H,1-3H3. The van der Waals surface area contributed by atoms with Crippen LogP contribution < -0.4 is 19.6 Å². The minimum Gasteiger partial charge on any atom is -0.507 e. The summed E-state index contributed by atoms with van der Waals surface area (Å²) in [5, 5.41) is 10.2. The third-order valence-electron chi connectivity index (χ3n) is 3.53. The minimum absolute atomic E-state index is 0.0118. The third kappa shape index (κ3) is 3.04. The number of fused-ring (bicyclic) bond motifs is 2. The molecule has 0 radical (unpaired) electrons. The normalized spacial score (nSPS) is 10.7. The molecule has 0 aliphatic heterocycles. The fraction of sp³-hybridized carbons (Fsp3) is 0.167. The molecule has 3 rings (SSSR count). The third-order valence-corrected chi connectivity index (χ3v) is 3.53. The first-order valence-corrected chi connectivity index (χ1v) is 7.48. The van der Waals surface area contributed by atoms with Crippen molar-refractivity contribution < 1.29 is 33.3 Å². The summed E-state index contributed by atoms with van der Waals surface area (Å²) < 4.78 is 20.8. The Balaban J connectivity index is 2.33. The van der Waals surface area contributed by atoms with Crippen LogP contribution in [-0.4, -0.2) is 24.2 Å². The molecule has 0 saturated heterocycles. The molecular weight excluding hydrogens is 344 g/mol. The maximum absolute atomic E-state index is 12.8. The van der Waals surface area contributed by atoms with Crippen LogP contribution in [0.25, 0.3) is 21.9 Å². The highest BCUT2D eigenvalue weighted by atomic mass is 16.6. The van der Waals surface area contributed by atoms with Gasteiger partial charge >= 0.3 is 11.9 Å². The van der Waals surface area contributed by atoms with Crippen LogP contribution >= 0.6 is 0 Å². The van der Waals surface area contributed by atoms with Crippen molar-refractivity contribution in [3.8, 4) is 23.0 Å². The molecule has 1 heterocycles. The molecule has 0 aliphatic rings. The van der Waals surface area contributed by atoms with E-state index < -0.39 is 23.1 Å². The number of phenolic OH excluding ortho intramolecular Hbond substituents is 1. The van der Waals surface area contributed by atoms with Crippen molar-refractivity contribution in [3.63, 3.8) is 0 Å². The van der Waals surface area contributed by atoms with E-state index in [9.17, 15) is 19.5 Å². The summed E-state index contributed by atoms with van der Waals surface area (Å²) in [6, 6.07) is 5.16. The van der Waals surface area contributed by atoms with Gasteiger partial charge in [-0.3, -0.25) is 14.4 Å². The van der Waals surface area contributed by atoms with E-state index in [1.54, 1.807) is 0 Å². The van der Waals surface area contributed by atoms with Crippen molar-refractivity contribution in [1.82, 2.24) is 0 Å². The number of hydrogen-bond donors (Lipinski definition) is 1. The summed E-state index contributed by atoms with van der Waals surface area (Å²) in [5.74, 6) is -1.28. The van der Waals surface area contributed by atoms with Gasteiger partial charge in [0.25, 0.3) is 0 Å². The summed E-state index contributed by atoms with van der Waals surface area (Å²) in [4.78, 5) is 35.1. The Morgan fingerprint density at radius 3 is 2.27 bits per heavy atom. The van der Waals surface area contributed by atoms with Gasteiger partial charge in [-0.1, -0.05) is 0 Å². The number of phenols is 1. The molecule has 8 heteroatoms. The second kappa shape index (κ2) is 6.40. The molecule has 0 spiro atoms. The first-order chi connectivity index (χ1) is 12.3. The molecule has 1 N–H and O–H groups in total. The molecule has 1 aromatic heterocycles. The molecule has 0 unspecified atom stereocenters. The first-order valence-electron chi connectivity index (χ1n) is 7.48. The molecular formula is C18H14O8. The number of carbonyl (C=O) groups excluding carboxylic acids is 2. The Bertz CT molecular complexity index is 1110. The van der Waals surface area contributed by atoms with Gasteiger partial charge in [0.05, 0.1) is 12.5 Å². The number of benzene rings is 2. The lowest BCUT2D eigenvalue weighted by atomic mass is 10.1. The van der Waals surface area contributed by atoms with E-state index >= 15 is 0 Å². The topological polar surface area (TPSA) is 112 Å². The Morgan fingerprint density at radius 2 is 1.65 bits per heavy atom. The maximum Gasteiger partial charge on any atom is 0.308 e. The number of hydrogen-bond acceptors (Lipinski definition) is 8. The molecule has 3 aromatic rings. The van der Waals surface area contributed by atoms with Crippen molar-refractivity contribution >= 4 is 33.9 Å². The predicted octanol–water partition coefficient (Wildman–Crippen LogP) is 2.51. The smallest absolute Gasteiger partial charge is 0.308 e. The lowest BCUT2D eigenvalue weighted by Gasteiger charge is -2.10. The number of esters is 2. The Kier molecular flexibility index (Phi) is 4.25. The van der Waals surface area contributed by atoms with Crippen molar-refractivity contribution in [2.75, 3.05) is 7.11 Å². The molecule has 8 nitrogen and oxygen atoms in total. The van der Waals surface area contributed by atoms with Crippen LogP contribution in [0.15, 0.2) is 33.5 Å². The van der Waals surface area contributed by atoms with Crippen molar-refractivity contribution in [1.29, 1.82) is 0 Å². The van der Waals surface area contributed by atoms with E-state index in [-0.39, 0.29) is 39.2 Å². The maximum atomic E-state index is 12.8. The summed E-state index contributed by atoms with van der Waals surface area (Å²) in [6.45, 7) is 2.43. The van der Waals surface area contributed by atoms with Crippen LogP contribution in [0.5, 0.6) is 23.0 Å². The summed E-state index contributed by atoms with van der Waals surface area (Å²) in [7, 11) is 1.36. The highest BCUT2D eigenvalue weighted by molar-refractivity contribution is 5.95.